The minimum Gasteiger partial charge on any atom is -0.495 e. The van der Waals surface area contributed by atoms with Crippen molar-refractivity contribution in [1.82, 2.24) is 4.90 Å². The third-order valence-electron chi connectivity index (χ3n) is 4.57. The zero-order valence-corrected chi connectivity index (χ0v) is 17.0. The van der Waals surface area contributed by atoms with Gasteiger partial charge in [0, 0.05) is 18.8 Å². The van der Waals surface area contributed by atoms with Crippen molar-refractivity contribution >= 4 is 33.2 Å². The standard InChI is InChI=1S/C19H23N3O6S/c1-27-16-8-7-14(11-15(16)21-29(2,25)26)20-18(23)13-5-3-9-22(12-13)19(24)17-6-4-10-28-17/h4,6-8,10-11,13,21H,3,5,9,12H2,1-2H3,(H,20,23)/t13-/m0/s1. The van der Waals surface area contributed by atoms with Gasteiger partial charge < -0.3 is 19.4 Å². The summed E-state index contributed by atoms with van der Waals surface area (Å²) in [5.41, 5.74) is 0.655. The summed E-state index contributed by atoms with van der Waals surface area (Å²) < 4.78 is 35.8. The molecule has 2 heterocycles. The summed E-state index contributed by atoms with van der Waals surface area (Å²) in [6.45, 7) is 0.851. The van der Waals surface area contributed by atoms with Crippen LogP contribution in [0.4, 0.5) is 11.4 Å². The first-order valence-electron chi connectivity index (χ1n) is 9.06. The first kappa shape index (κ1) is 20.7. The number of carbonyl (C=O) groups excluding carboxylic acids is 2. The Morgan fingerprint density at radius 1 is 1.28 bits per heavy atom. The van der Waals surface area contributed by atoms with Crippen molar-refractivity contribution in [1.29, 1.82) is 0 Å². The molecular formula is C19H23N3O6S. The smallest absolute Gasteiger partial charge is 0.289 e. The average Bonchev–Trinajstić information content (AvgIpc) is 3.21. The molecule has 10 heteroatoms. The van der Waals surface area contributed by atoms with Crippen molar-refractivity contribution in [2.75, 3.05) is 36.5 Å². The molecule has 2 N–H and O–H groups in total. The zero-order chi connectivity index (χ0) is 21.0. The Hall–Kier alpha value is -3.01. The molecule has 0 radical (unpaired) electrons. The SMILES string of the molecule is COc1ccc(NC(=O)[C@H]2CCCN(C(=O)c3ccco3)C2)cc1NS(C)(=O)=O. The molecular weight excluding hydrogens is 398 g/mol. The third kappa shape index (κ3) is 5.29. The van der Waals surface area contributed by atoms with E-state index in [9.17, 15) is 18.0 Å². The van der Waals surface area contributed by atoms with Crippen LogP contribution in [0.5, 0.6) is 5.75 Å². The van der Waals surface area contributed by atoms with Gasteiger partial charge in [-0.15, -0.1) is 0 Å². The predicted molar refractivity (Wildman–Crippen MR) is 107 cm³/mol. The maximum absolute atomic E-state index is 12.7. The number of nitrogens with zero attached hydrogens (tertiary/aromatic N) is 1. The summed E-state index contributed by atoms with van der Waals surface area (Å²) in [6, 6.07) is 7.93. The molecule has 1 saturated heterocycles. The molecule has 156 valence electrons. The largest absolute Gasteiger partial charge is 0.495 e. The number of nitrogens with one attached hydrogen (secondary N) is 2. The van der Waals surface area contributed by atoms with Crippen molar-refractivity contribution in [3.63, 3.8) is 0 Å². The molecule has 2 aromatic rings. The number of carbonyl (C=O) groups is 2. The van der Waals surface area contributed by atoms with Crippen molar-refractivity contribution in [2.24, 2.45) is 5.92 Å². The molecule has 0 aliphatic carbocycles. The van der Waals surface area contributed by atoms with Crippen molar-refractivity contribution in [2.45, 2.75) is 12.8 Å². The van der Waals surface area contributed by atoms with Crippen molar-refractivity contribution < 1.29 is 27.2 Å². The monoisotopic (exact) mass is 421 g/mol. The Morgan fingerprint density at radius 2 is 2.07 bits per heavy atom. The Morgan fingerprint density at radius 3 is 2.72 bits per heavy atom. The molecule has 0 unspecified atom stereocenters. The molecule has 1 aliphatic rings. The third-order valence-corrected chi connectivity index (χ3v) is 5.16. The summed E-state index contributed by atoms with van der Waals surface area (Å²) in [5.74, 6) is -0.274. The second-order valence-corrected chi connectivity index (χ2v) is 8.59. The topological polar surface area (TPSA) is 118 Å². The van der Waals surface area contributed by atoms with Gasteiger partial charge in [0.2, 0.25) is 15.9 Å². The molecule has 1 fully saturated rings. The fraction of sp³-hybridized carbons (Fsp3) is 0.368. The van der Waals surface area contributed by atoms with E-state index in [1.165, 1.54) is 19.4 Å². The van der Waals surface area contributed by atoms with E-state index in [0.29, 0.717) is 30.8 Å². The van der Waals surface area contributed by atoms with Gasteiger partial charge >= 0.3 is 0 Å². The lowest BCUT2D eigenvalue weighted by Gasteiger charge is -2.31. The van der Waals surface area contributed by atoms with Gasteiger partial charge in [0.15, 0.2) is 5.76 Å². The van der Waals surface area contributed by atoms with Crippen LogP contribution in [-0.4, -0.2) is 51.6 Å². The maximum atomic E-state index is 12.7. The Labute approximate surface area is 169 Å². The van der Waals surface area contributed by atoms with Gasteiger partial charge in [-0.25, -0.2) is 8.42 Å². The summed E-state index contributed by atoms with van der Waals surface area (Å²) in [6.07, 6.45) is 3.82. The number of ether oxygens (including phenoxy) is 1. The summed E-state index contributed by atoms with van der Waals surface area (Å²) in [4.78, 5) is 26.8. The Kier molecular flexibility index (Phi) is 6.12. The van der Waals surface area contributed by atoms with Gasteiger partial charge in [0.25, 0.3) is 5.91 Å². The van der Waals surface area contributed by atoms with E-state index in [0.717, 1.165) is 6.26 Å². The maximum Gasteiger partial charge on any atom is 0.289 e. The number of anilines is 2. The average molecular weight is 421 g/mol. The number of likely N-dealkylation sites (tertiary alicyclic amines) is 1. The molecule has 1 aromatic carbocycles. The lowest BCUT2D eigenvalue weighted by atomic mass is 9.96. The normalized spacial score (nSPS) is 16.9. The van der Waals surface area contributed by atoms with E-state index in [2.05, 4.69) is 10.0 Å². The number of benzene rings is 1. The van der Waals surface area contributed by atoms with Crippen LogP contribution in [0.1, 0.15) is 23.4 Å². The number of methoxy groups -OCH3 is 1. The molecule has 1 aliphatic heterocycles. The van der Waals surface area contributed by atoms with Gasteiger partial charge in [-0.1, -0.05) is 0 Å². The molecule has 1 aromatic heterocycles. The highest BCUT2D eigenvalue weighted by molar-refractivity contribution is 7.92. The first-order chi connectivity index (χ1) is 13.8. The lowest BCUT2D eigenvalue weighted by molar-refractivity contribution is -0.121. The number of piperidine rings is 1. The summed E-state index contributed by atoms with van der Waals surface area (Å²) in [7, 11) is -2.09. The highest BCUT2D eigenvalue weighted by Gasteiger charge is 2.30. The van der Waals surface area contributed by atoms with Crippen LogP contribution in [0, 0.1) is 5.92 Å². The molecule has 9 nitrogen and oxygen atoms in total. The second kappa shape index (κ2) is 8.56. The van der Waals surface area contributed by atoms with E-state index in [4.69, 9.17) is 9.15 Å². The van der Waals surface area contributed by atoms with Gasteiger partial charge in [0.05, 0.1) is 31.2 Å². The number of hydrogen-bond acceptors (Lipinski definition) is 6. The highest BCUT2D eigenvalue weighted by atomic mass is 32.2. The van der Waals surface area contributed by atoms with Crippen molar-refractivity contribution in [3.05, 3.63) is 42.4 Å². The van der Waals surface area contributed by atoms with Crippen LogP contribution in [0.2, 0.25) is 0 Å². The number of sulfonamides is 1. The van der Waals surface area contributed by atoms with Gasteiger partial charge in [-0.2, -0.15) is 0 Å². The van der Waals surface area contributed by atoms with Crippen LogP contribution in [-0.2, 0) is 14.8 Å². The van der Waals surface area contributed by atoms with E-state index in [-0.39, 0.29) is 35.7 Å². The number of hydrogen-bond donors (Lipinski definition) is 2. The van der Waals surface area contributed by atoms with Crippen LogP contribution in [0.25, 0.3) is 0 Å². The molecule has 2 amide bonds. The number of furan rings is 1. The molecule has 0 saturated carbocycles. The fourth-order valence-corrected chi connectivity index (χ4v) is 3.80. The molecule has 0 bridgehead atoms. The summed E-state index contributed by atoms with van der Waals surface area (Å²) in [5, 5.41) is 2.79. The van der Waals surface area contributed by atoms with Crippen LogP contribution >= 0.6 is 0 Å². The first-order valence-corrected chi connectivity index (χ1v) is 11.0. The Bertz CT molecular complexity index is 987. The Balaban J connectivity index is 1.69. The zero-order valence-electron chi connectivity index (χ0n) is 16.2. The van der Waals surface area contributed by atoms with Crippen LogP contribution in [0.3, 0.4) is 0 Å². The van der Waals surface area contributed by atoms with Gasteiger partial charge in [-0.3, -0.25) is 14.3 Å². The van der Waals surface area contributed by atoms with Gasteiger partial charge in [-0.05, 0) is 43.2 Å². The molecule has 0 spiro atoms. The highest BCUT2D eigenvalue weighted by Crippen LogP contribution is 2.29. The van der Waals surface area contributed by atoms with Gasteiger partial charge in [0.1, 0.15) is 5.75 Å². The summed E-state index contributed by atoms with van der Waals surface area (Å²) >= 11 is 0. The quantitative estimate of drug-likeness (QED) is 0.738. The van der Waals surface area contributed by atoms with Crippen LogP contribution < -0.4 is 14.8 Å². The van der Waals surface area contributed by atoms with E-state index < -0.39 is 10.0 Å². The van der Waals surface area contributed by atoms with E-state index in [1.807, 2.05) is 0 Å². The molecule has 3 rings (SSSR count). The second-order valence-electron chi connectivity index (χ2n) is 6.85. The number of amides is 2. The van der Waals surface area contributed by atoms with E-state index in [1.54, 1.807) is 29.2 Å². The molecule has 1 atom stereocenters. The fourth-order valence-electron chi connectivity index (χ4n) is 3.24. The minimum absolute atomic E-state index is 0.228. The number of rotatable bonds is 6. The van der Waals surface area contributed by atoms with Crippen LogP contribution in [0.15, 0.2) is 41.0 Å². The lowest BCUT2D eigenvalue weighted by Crippen LogP contribution is -2.43. The van der Waals surface area contributed by atoms with E-state index >= 15 is 0 Å². The van der Waals surface area contributed by atoms with Crippen molar-refractivity contribution in [3.8, 4) is 5.75 Å². The molecule has 29 heavy (non-hydrogen) atoms. The predicted octanol–water partition coefficient (Wildman–Crippen LogP) is 2.15. The minimum atomic E-state index is -3.51.